The second-order valence-electron chi connectivity index (χ2n) is 5.36. The molecule has 0 aliphatic carbocycles. The van der Waals surface area contributed by atoms with E-state index in [0.717, 1.165) is 36.6 Å². The smallest absolute Gasteiger partial charge is 0.318 e. The van der Waals surface area contributed by atoms with E-state index in [9.17, 15) is 4.79 Å². The number of hydrogen-bond acceptors (Lipinski definition) is 3. The fourth-order valence-electron chi connectivity index (χ4n) is 2.58. The maximum atomic E-state index is 12.4. The molecule has 6 heteroatoms. The van der Waals surface area contributed by atoms with Gasteiger partial charge in [0.25, 0.3) is 0 Å². The number of amides is 2. The number of nitrogens with zero attached hydrogens (tertiary/aromatic N) is 3. The zero-order valence-corrected chi connectivity index (χ0v) is 12.8. The Morgan fingerprint density at radius 3 is 2.73 bits per heavy atom. The molecule has 3 rings (SSSR count). The molecule has 2 heterocycles. The van der Waals surface area contributed by atoms with Crippen molar-refractivity contribution in [1.29, 1.82) is 0 Å². The van der Waals surface area contributed by atoms with E-state index in [-0.39, 0.29) is 12.1 Å². The molecule has 6 nitrogen and oxygen atoms in total. The Labute approximate surface area is 129 Å². The third kappa shape index (κ3) is 2.64. The lowest BCUT2D eigenvalue weighted by Crippen LogP contribution is -2.49. The third-order valence-electron chi connectivity index (χ3n) is 3.98. The van der Waals surface area contributed by atoms with Gasteiger partial charge in [-0.05, 0) is 12.5 Å². The summed E-state index contributed by atoms with van der Waals surface area (Å²) in [5, 5.41) is 3.08. The van der Waals surface area contributed by atoms with E-state index in [1.165, 1.54) is 0 Å². The van der Waals surface area contributed by atoms with Crippen LogP contribution in [0.15, 0.2) is 36.7 Å². The standard InChI is InChI=1S/C16H20N4O2/c1-19-11-8-17-15(19)14(18-16(21)20-9-5-10-20)12-6-3-4-7-13(12)22-2/h3-4,6-8,11,14H,5,9-10H2,1-2H3,(H,18,21)/t14-/m1/s1. The number of aryl methyl sites for hydroxylation is 1. The van der Waals surface area contributed by atoms with Crippen LogP contribution >= 0.6 is 0 Å². The highest BCUT2D eigenvalue weighted by Crippen LogP contribution is 2.29. The number of aromatic nitrogens is 2. The Bertz CT molecular complexity index is 664. The minimum atomic E-state index is -0.343. The maximum absolute atomic E-state index is 12.4. The Balaban J connectivity index is 1.95. The van der Waals surface area contributed by atoms with Crippen LogP contribution in [-0.2, 0) is 7.05 Å². The summed E-state index contributed by atoms with van der Waals surface area (Å²) in [5.74, 6) is 1.51. The van der Waals surface area contributed by atoms with E-state index in [4.69, 9.17) is 4.74 Å². The fraction of sp³-hybridized carbons (Fsp3) is 0.375. The van der Waals surface area contributed by atoms with Gasteiger partial charge in [0, 0.05) is 38.1 Å². The molecule has 0 unspecified atom stereocenters. The molecule has 0 saturated carbocycles. The third-order valence-corrected chi connectivity index (χ3v) is 3.98. The van der Waals surface area contributed by atoms with E-state index in [0.29, 0.717) is 0 Å². The molecule has 1 aromatic heterocycles. The molecule has 1 N–H and O–H groups in total. The second kappa shape index (κ2) is 6.09. The van der Waals surface area contributed by atoms with Gasteiger partial charge >= 0.3 is 6.03 Å². The van der Waals surface area contributed by atoms with Gasteiger partial charge in [-0.1, -0.05) is 18.2 Å². The average molecular weight is 300 g/mol. The topological polar surface area (TPSA) is 59.4 Å². The van der Waals surface area contributed by atoms with Crippen molar-refractivity contribution in [1.82, 2.24) is 19.8 Å². The number of imidazole rings is 1. The van der Waals surface area contributed by atoms with Crippen LogP contribution in [0.3, 0.4) is 0 Å². The molecule has 116 valence electrons. The van der Waals surface area contributed by atoms with Crippen molar-refractivity contribution < 1.29 is 9.53 Å². The van der Waals surface area contributed by atoms with E-state index < -0.39 is 0 Å². The molecule has 0 radical (unpaired) electrons. The number of hydrogen-bond donors (Lipinski definition) is 1. The number of rotatable bonds is 4. The highest BCUT2D eigenvalue weighted by atomic mass is 16.5. The number of nitrogens with one attached hydrogen (secondary N) is 1. The summed E-state index contributed by atoms with van der Waals surface area (Å²) >= 11 is 0. The van der Waals surface area contributed by atoms with Gasteiger partial charge < -0.3 is 19.5 Å². The molecule has 1 fully saturated rings. The van der Waals surface area contributed by atoms with Crippen LogP contribution in [0.4, 0.5) is 4.79 Å². The summed E-state index contributed by atoms with van der Waals surface area (Å²) in [6.07, 6.45) is 4.66. The normalized spacial score (nSPS) is 15.1. The molecule has 2 amide bonds. The van der Waals surface area contributed by atoms with Gasteiger partial charge in [-0.3, -0.25) is 0 Å². The SMILES string of the molecule is COc1ccccc1[C@@H](NC(=O)N1CCC1)c1nccn1C. The number of para-hydroxylation sites is 1. The zero-order chi connectivity index (χ0) is 15.5. The van der Waals surface area contributed by atoms with Crippen LogP contribution in [-0.4, -0.2) is 40.7 Å². The zero-order valence-electron chi connectivity index (χ0n) is 12.8. The Kier molecular flexibility index (Phi) is 4.00. The quantitative estimate of drug-likeness (QED) is 0.938. The molecule has 1 aliphatic rings. The first-order chi connectivity index (χ1) is 10.7. The van der Waals surface area contributed by atoms with Crippen LogP contribution in [0.5, 0.6) is 5.75 Å². The first-order valence-electron chi connectivity index (χ1n) is 7.36. The van der Waals surface area contributed by atoms with Crippen molar-refractivity contribution in [2.45, 2.75) is 12.5 Å². The van der Waals surface area contributed by atoms with Crippen molar-refractivity contribution in [3.05, 3.63) is 48.0 Å². The summed E-state index contributed by atoms with van der Waals surface area (Å²) in [6, 6.07) is 7.28. The molecule has 1 saturated heterocycles. The second-order valence-corrected chi connectivity index (χ2v) is 5.36. The Morgan fingerprint density at radius 2 is 2.14 bits per heavy atom. The first-order valence-corrected chi connectivity index (χ1v) is 7.36. The first kappa shape index (κ1) is 14.4. The van der Waals surface area contributed by atoms with Crippen LogP contribution in [0.2, 0.25) is 0 Å². The van der Waals surface area contributed by atoms with Gasteiger partial charge in [0.1, 0.15) is 17.6 Å². The molecule has 1 aliphatic heterocycles. The predicted molar refractivity (Wildman–Crippen MR) is 82.8 cm³/mol. The lowest BCUT2D eigenvalue weighted by molar-refractivity contribution is 0.165. The fourth-order valence-corrected chi connectivity index (χ4v) is 2.58. The minimum absolute atomic E-state index is 0.0647. The maximum Gasteiger partial charge on any atom is 0.318 e. The average Bonchev–Trinajstić information content (AvgIpc) is 2.89. The van der Waals surface area contributed by atoms with E-state index >= 15 is 0 Å². The largest absolute Gasteiger partial charge is 0.496 e. The molecule has 1 atom stereocenters. The van der Waals surface area contributed by atoms with Crippen LogP contribution in [0.1, 0.15) is 23.9 Å². The van der Waals surface area contributed by atoms with E-state index in [2.05, 4.69) is 10.3 Å². The molecule has 2 aromatic rings. The summed E-state index contributed by atoms with van der Waals surface area (Å²) in [4.78, 5) is 18.5. The number of carbonyl (C=O) groups is 1. The van der Waals surface area contributed by atoms with Gasteiger partial charge in [0.15, 0.2) is 0 Å². The molecule has 1 aromatic carbocycles. The molecular formula is C16H20N4O2. The van der Waals surface area contributed by atoms with Gasteiger partial charge in [-0.25, -0.2) is 9.78 Å². The summed E-state index contributed by atoms with van der Waals surface area (Å²) in [5.41, 5.74) is 0.896. The summed E-state index contributed by atoms with van der Waals surface area (Å²) in [6.45, 7) is 1.62. The van der Waals surface area contributed by atoms with Crippen molar-refractivity contribution in [3.63, 3.8) is 0 Å². The number of carbonyl (C=O) groups excluding carboxylic acids is 1. The molecule has 22 heavy (non-hydrogen) atoms. The predicted octanol–water partition coefficient (Wildman–Crippen LogP) is 1.93. The van der Waals surface area contributed by atoms with Crippen LogP contribution < -0.4 is 10.1 Å². The molecular weight excluding hydrogens is 280 g/mol. The van der Waals surface area contributed by atoms with Gasteiger partial charge in [-0.2, -0.15) is 0 Å². The van der Waals surface area contributed by atoms with E-state index in [1.54, 1.807) is 18.2 Å². The summed E-state index contributed by atoms with van der Waals surface area (Å²) in [7, 11) is 3.55. The van der Waals surface area contributed by atoms with Gasteiger partial charge in [-0.15, -0.1) is 0 Å². The molecule has 0 bridgehead atoms. The Morgan fingerprint density at radius 1 is 1.36 bits per heavy atom. The van der Waals surface area contributed by atoms with Crippen molar-refractivity contribution in [2.24, 2.45) is 7.05 Å². The van der Waals surface area contributed by atoms with Gasteiger partial charge in [0.05, 0.1) is 7.11 Å². The summed E-state index contributed by atoms with van der Waals surface area (Å²) < 4.78 is 7.35. The molecule has 0 spiro atoms. The monoisotopic (exact) mass is 300 g/mol. The number of benzene rings is 1. The number of likely N-dealkylation sites (tertiary alicyclic amines) is 1. The van der Waals surface area contributed by atoms with Crippen molar-refractivity contribution >= 4 is 6.03 Å². The Hall–Kier alpha value is -2.50. The lowest BCUT2D eigenvalue weighted by Gasteiger charge is -2.33. The lowest BCUT2D eigenvalue weighted by atomic mass is 10.0. The number of urea groups is 1. The van der Waals surface area contributed by atoms with E-state index in [1.807, 2.05) is 42.1 Å². The van der Waals surface area contributed by atoms with Crippen LogP contribution in [0.25, 0.3) is 0 Å². The number of methoxy groups -OCH3 is 1. The highest BCUT2D eigenvalue weighted by molar-refractivity contribution is 5.76. The number of ether oxygens (including phenoxy) is 1. The van der Waals surface area contributed by atoms with Gasteiger partial charge in [0.2, 0.25) is 0 Å². The van der Waals surface area contributed by atoms with Crippen molar-refractivity contribution in [2.75, 3.05) is 20.2 Å². The van der Waals surface area contributed by atoms with Crippen molar-refractivity contribution in [3.8, 4) is 5.75 Å². The minimum Gasteiger partial charge on any atom is -0.496 e. The highest BCUT2D eigenvalue weighted by Gasteiger charge is 2.27. The van der Waals surface area contributed by atoms with Crippen LogP contribution in [0, 0.1) is 0 Å².